The number of halogens is 3. The third-order valence-electron chi connectivity index (χ3n) is 3.59. The van der Waals surface area contributed by atoms with Crippen LogP contribution in [-0.4, -0.2) is 68.4 Å². The Kier molecular flexibility index (Phi) is 6.06. The van der Waals surface area contributed by atoms with Crippen molar-refractivity contribution in [2.24, 2.45) is 0 Å². The number of anilines is 1. The van der Waals surface area contributed by atoms with E-state index in [2.05, 4.69) is 16.8 Å². The molecule has 2 rings (SSSR count). The zero-order valence-electron chi connectivity index (χ0n) is 13.5. The molecule has 0 spiro atoms. The number of nitrogens with zero attached hydrogens (tertiary/aromatic N) is 2. The highest BCUT2D eigenvalue weighted by Crippen LogP contribution is 2.28. The van der Waals surface area contributed by atoms with Gasteiger partial charge in [-0.3, -0.25) is 9.36 Å². The maximum Gasteiger partial charge on any atom is 0.471 e. The van der Waals surface area contributed by atoms with Crippen molar-refractivity contribution in [3.05, 3.63) is 22.2 Å². The van der Waals surface area contributed by atoms with E-state index in [4.69, 9.17) is 15.6 Å². The van der Waals surface area contributed by atoms with Gasteiger partial charge in [0.2, 0.25) is 0 Å². The number of rotatable bonds is 3. The molecule has 1 aromatic rings. The Balaban J connectivity index is 2.21. The Labute approximate surface area is 149 Å². The summed E-state index contributed by atoms with van der Waals surface area (Å²) in [7, 11) is 0. The van der Waals surface area contributed by atoms with Crippen molar-refractivity contribution in [3.8, 4) is 11.8 Å². The average Bonchev–Trinajstić information content (AvgIpc) is 2.87. The van der Waals surface area contributed by atoms with Crippen molar-refractivity contribution in [1.29, 1.82) is 0 Å². The van der Waals surface area contributed by atoms with Crippen LogP contribution in [0.4, 0.5) is 19.0 Å². The molecule has 1 aliphatic heterocycles. The number of amides is 1. The average molecular weight is 392 g/mol. The number of hydrogen-bond acceptors (Lipinski definition) is 8. The topological polar surface area (TPSA) is 160 Å². The van der Waals surface area contributed by atoms with E-state index in [0.29, 0.717) is 0 Å². The summed E-state index contributed by atoms with van der Waals surface area (Å²) in [6.45, 7) is -1.26. The lowest BCUT2D eigenvalue weighted by atomic mass is 10.1. The summed E-state index contributed by atoms with van der Waals surface area (Å²) in [6, 6.07) is 0. The molecule has 0 radical (unpaired) electrons. The summed E-state index contributed by atoms with van der Waals surface area (Å²) < 4.78 is 42.1. The summed E-state index contributed by atoms with van der Waals surface area (Å²) >= 11 is 0. The first-order chi connectivity index (χ1) is 12.6. The molecule has 1 aromatic heterocycles. The van der Waals surface area contributed by atoms with Gasteiger partial charge in [0.1, 0.15) is 24.1 Å². The van der Waals surface area contributed by atoms with Gasteiger partial charge in [0.05, 0.1) is 18.7 Å². The molecule has 1 aliphatic rings. The van der Waals surface area contributed by atoms with Crippen LogP contribution in [0.2, 0.25) is 0 Å². The molecule has 4 atom stereocenters. The lowest BCUT2D eigenvalue weighted by Crippen LogP contribution is -2.37. The first-order valence-electron chi connectivity index (χ1n) is 7.41. The van der Waals surface area contributed by atoms with Gasteiger partial charge in [0.15, 0.2) is 6.23 Å². The minimum Gasteiger partial charge on any atom is -0.394 e. The first-order valence-corrected chi connectivity index (χ1v) is 7.41. The van der Waals surface area contributed by atoms with Gasteiger partial charge in [-0.2, -0.15) is 18.2 Å². The smallest absolute Gasteiger partial charge is 0.394 e. The Morgan fingerprint density at radius 1 is 1.41 bits per heavy atom. The van der Waals surface area contributed by atoms with Crippen molar-refractivity contribution in [3.63, 3.8) is 0 Å². The molecular formula is C14H15F3N4O6. The normalized spacial score (nSPS) is 25.0. The van der Waals surface area contributed by atoms with Crippen molar-refractivity contribution in [2.75, 3.05) is 18.9 Å². The molecule has 1 amide bonds. The maximum absolute atomic E-state index is 12.1. The third kappa shape index (κ3) is 4.55. The quantitative estimate of drug-likeness (QED) is 0.352. The highest BCUT2D eigenvalue weighted by Gasteiger charge is 2.44. The van der Waals surface area contributed by atoms with E-state index in [1.165, 1.54) is 5.32 Å². The fraction of sp³-hybridized carbons (Fsp3) is 0.500. The van der Waals surface area contributed by atoms with Crippen LogP contribution >= 0.6 is 0 Å². The fourth-order valence-electron chi connectivity index (χ4n) is 2.23. The Morgan fingerprint density at radius 3 is 2.63 bits per heavy atom. The number of aliphatic hydroxyl groups excluding tert-OH is 3. The molecule has 1 fully saturated rings. The van der Waals surface area contributed by atoms with Gasteiger partial charge in [-0.15, -0.1) is 0 Å². The molecule has 1 unspecified atom stereocenters. The summed E-state index contributed by atoms with van der Waals surface area (Å²) in [4.78, 5) is 26.1. The lowest BCUT2D eigenvalue weighted by Gasteiger charge is -2.17. The van der Waals surface area contributed by atoms with Gasteiger partial charge in [-0.05, 0) is 0 Å². The Hall–Kier alpha value is -2.66. The monoisotopic (exact) mass is 392 g/mol. The highest BCUT2D eigenvalue weighted by molar-refractivity contribution is 5.81. The van der Waals surface area contributed by atoms with Crippen LogP contribution in [-0.2, 0) is 9.53 Å². The second-order valence-electron chi connectivity index (χ2n) is 5.44. The van der Waals surface area contributed by atoms with Crippen LogP contribution in [0.5, 0.6) is 0 Å². The number of nitrogens with two attached hydrogens (primary N) is 1. The summed E-state index contributed by atoms with van der Waals surface area (Å²) in [5.41, 5.74) is 4.49. The highest BCUT2D eigenvalue weighted by atomic mass is 19.4. The van der Waals surface area contributed by atoms with Crippen LogP contribution < -0.4 is 16.7 Å². The number of aliphatic hydroxyl groups is 3. The van der Waals surface area contributed by atoms with Gasteiger partial charge in [0, 0.05) is 6.20 Å². The molecule has 6 N–H and O–H groups in total. The summed E-state index contributed by atoms with van der Waals surface area (Å²) in [6.07, 6.45) is -9.56. The molecular weight excluding hydrogens is 377 g/mol. The standard InChI is InChI=1S/C14H15F3N4O6/c15-14(16,17)12(25)19-3-1-2-6-4-21(13(26)20-10(6)18)11-9(24)8(23)7(5-22)27-11/h4,7-9,11,22-24H,3,5H2,(H,19,25)(H2,18,20,26)/t7-,8?,9+,11-/m1/s1. The summed E-state index contributed by atoms with van der Waals surface area (Å²) in [5, 5.41) is 30.3. The number of ether oxygens (including phenoxy) is 1. The predicted octanol–water partition coefficient (Wildman–Crippen LogP) is -2.53. The molecule has 27 heavy (non-hydrogen) atoms. The number of aromatic nitrogens is 2. The van der Waals surface area contributed by atoms with Crippen molar-refractivity contribution < 1.29 is 38.0 Å². The molecule has 0 aliphatic carbocycles. The van der Waals surface area contributed by atoms with E-state index in [0.717, 1.165) is 10.8 Å². The molecule has 0 aromatic carbocycles. The summed E-state index contributed by atoms with van der Waals surface area (Å²) in [5.74, 6) is 2.04. The number of hydrogen-bond donors (Lipinski definition) is 5. The lowest BCUT2D eigenvalue weighted by molar-refractivity contribution is -0.173. The van der Waals surface area contributed by atoms with Crippen LogP contribution in [0.3, 0.4) is 0 Å². The van der Waals surface area contributed by atoms with Crippen LogP contribution in [0.1, 0.15) is 11.8 Å². The van der Waals surface area contributed by atoms with Crippen molar-refractivity contribution >= 4 is 11.7 Å². The number of alkyl halides is 3. The van der Waals surface area contributed by atoms with Gasteiger partial charge in [0.25, 0.3) is 0 Å². The predicted molar refractivity (Wildman–Crippen MR) is 81.9 cm³/mol. The SMILES string of the molecule is Nc1nc(=O)n([C@@H]2O[C@H](CO)C(O)[C@@H]2O)cc1C#CCNC(=O)C(F)(F)F. The number of nitrogens with one attached hydrogen (secondary N) is 1. The van der Waals surface area contributed by atoms with Crippen LogP contribution in [0, 0.1) is 11.8 Å². The number of nitrogen functional groups attached to an aromatic ring is 1. The second kappa shape index (κ2) is 7.92. The molecule has 13 heteroatoms. The van der Waals surface area contributed by atoms with E-state index in [1.807, 2.05) is 0 Å². The zero-order valence-corrected chi connectivity index (χ0v) is 13.5. The number of carbonyl (C=O) groups is 1. The van der Waals surface area contributed by atoms with Gasteiger partial charge >= 0.3 is 17.8 Å². The fourth-order valence-corrected chi connectivity index (χ4v) is 2.23. The van der Waals surface area contributed by atoms with Gasteiger partial charge in [-0.1, -0.05) is 11.8 Å². The molecule has 1 saturated heterocycles. The molecule has 2 heterocycles. The third-order valence-corrected chi connectivity index (χ3v) is 3.59. The van der Waals surface area contributed by atoms with Crippen LogP contribution in [0.25, 0.3) is 0 Å². The van der Waals surface area contributed by atoms with E-state index >= 15 is 0 Å². The van der Waals surface area contributed by atoms with E-state index in [1.54, 1.807) is 0 Å². The molecule has 10 nitrogen and oxygen atoms in total. The Morgan fingerprint density at radius 2 is 2.07 bits per heavy atom. The number of carbonyl (C=O) groups excluding carboxylic acids is 1. The van der Waals surface area contributed by atoms with E-state index < -0.39 is 55.5 Å². The molecule has 0 bridgehead atoms. The minimum atomic E-state index is -5.05. The van der Waals surface area contributed by atoms with Crippen molar-refractivity contribution in [2.45, 2.75) is 30.7 Å². The minimum absolute atomic E-state index is 0.0893. The second-order valence-corrected chi connectivity index (χ2v) is 5.44. The Bertz CT molecular complexity index is 831. The zero-order chi connectivity index (χ0) is 20.4. The molecule has 0 saturated carbocycles. The maximum atomic E-state index is 12.1. The van der Waals surface area contributed by atoms with Crippen molar-refractivity contribution in [1.82, 2.24) is 14.9 Å². The largest absolute Gasteiger partial charge is 0.471 e. The molecule has 148 valence electrons. The van der Waals surface area contributed by atoms with Gasteiger partial charge < -0.3 is 31.1 Å². The first kappa shape index (κ1) is 20.6. The van der Waals surface area contributed by atoms with E-state index in [-0.39, 0.29) is 11.4 Å². The van der Waals surface area contributed by atoms with Gasteiger partial charge in [-0.25, -0.2) is 4.79 Å². The van der Waals surface area contributed by atoms with Crippen LogP contribution in [0.15, 0.2) is 11.0 Å². The van der Waals surface area contributed by atoms with E-state index in [9.17, 15) is 33.0 Å².